The Kier molecular flexibility index (Phi) is 6.00. The second-order valence-corrected chi connectivity index (χ2v) is 9.95. The van der Waals surface area contributed by atoms with Crippen LogP contribution in [-0.2, 0) is 27.2 Å². The van der Waals surface area contributed by atoms with E-state index in [4.69, 9.17) is 5.73 Å². The lowest BCUT2D eigenvalue weighted by Gasteiger charge is -2.46. The van der Waals surface area contributed by atoms with E-state index in [1.807, 2.05) is 25.1 Å². The number of allylic oxidation sites excluding steroid dienone is 2. The van der Waals surface area contributed by atoms with Crippen LogP contribution in [0.25, 0.3) is 5.76 Å². The Balaban J connectivity index is 1.94. The molecule has 0 spiro atoms. The molecular formula is C26H31N3O6. The maximum atomic E-state index is 13.8. The number of aliphatic hydroxyl groups is 2. The molecule has 1 saturated carbocycles. The van der Waals surface area contributed by atoms with Gasteiger partial charge in [-0.3, -0.25) is 19.3 Å². The van der Waals surface area contributed by atoms with E-state index in [1.165, 1.54) is 0 Å². The molecule has 1 aromatic rings. The van der Waals surface area contributed by atoms with E-state index in [1.54, 1.807) is 25.1 Å². The number of rotatable bonds is 5. The molecule has 4 atom stereocenters. The van der Waals surface area contributed by atoms with Crippen LogP contribution in [0.4, 0.5) is 5.69 Å². The van der Waals surface area contributed by atoms with Crippen molar-refractivity contribution < 1.29 is 29.7 Å². The highest BCUT2D eigenvalue weighted by molar-refractivity contribution is 6.28. The lowest BCUT2D eigenvalue weighted by molar-refractivity contribution is -0.136. The number of carbonyl (C=O) groups is 3. The summed E-state index contributed by atoms with van der Waals surface area (Å²) in [6.45, 7) is 3.73. The molecule has 1 aromatic carbocycles. The molecule has 0 heterocycles. The molecule has 3 aliphatic rings. The van der Waals surface area contributed by atoms with Gasteiger partial charge >= 0.3 is 0 Å². The van der Waals surface area contributed by atoms with E-state index in [0.29, 0.717) is 30.4 Å². The number of likely N-dealkylation sites (N-methyl/N-ethyl adjacent to an activating group) is 1. The molecule has 3 aliphatic carbocycles. The van der Waals surface area contributed by atoms with Gasteiger partial charge in [-0.15, -0.1) is 6.58 Å². The number of amides is 1. The minimum absolute atomic E-state index is 0.0746. The SMILES string of the molecule is C=CCc1cc(N(C)C)c2c(c1O)C(O)=C1C(=O)C3C(=O)C(C(N)=O)=C(O)[C@@H](N(C)C)C3CC1C2. The minimum atomic E-state index is -1.26. The van der Waals surface area contributed by atoms with Crippen molar-refractivity contribution >= 4 is 28.9 Å². The van der Waals surface area contributed by atoms with Crippen LogP contribution in [0.5, 0.6) is 5.75 Å². The van der Waals surface area contributed by atoms with Gasteiger partial charge in [-0.2, -0.15) is 0 Å². The summed E-state index contributed by atoms with van der Waals surface area (Å²) in [5, 5.41) is 33.2. The zero-order valence-corrected chi connectivity index (χ0v) is 20.3. The molecule has 3 unspecified atom stereocenters. The second-order valence-electron chi connectivity index (χ2n) is 9.95. The number of phenols is 1. The molecule has 0 aromatic heterocycles. The van der Waals surface area contributed by atoms with Crippen LogP contribution in [-0.4, -0.2) is 71.9 Å². The van der Waals surface area contributed by atoms with Crippen molar-refractivity contribution in [2.75, 3.05) is 33.1 Å². The zero-order chi connectivity index (χ0) is 25.9. The number of benzene rings is 1. The van der Waals surface area contributed by atoms with Crippen LogP contribution < -0.4 is 10.6 Å². The number of nitrogens with two attached hydrogens (primary N) is 1. The van der Waals surface area contributed by atoms with E-state index >= 15 is 0 Å². The largest absolute Gasteiger partial charge is 0.510 e. The van der Waals surface area contributed by atoms with Crippen molar-refractivity contribution in [3.8, 4) is 5.75 Å². The Hall–Kier alpha value is -3.59. The lowest BCUT2D eigenvalue weighted by Crippen LogP contribution is -2.55. The van der Waals surface area contributed by atoms with Gasteiger partial charge in [-0.05, 0) is 56.8 Å². The molecule has 35 heavy (non-hydrogen) atoms. The molecule has 0 saturated heterocycles. The fraction of sp³-hybridized carbons (Fsp3) is 0.423. The van der Waals surface area contributed by atoms with Crippen LogP contribution in [0, 0.1) is 17.8 Å². The number of aliphatic hydroxyl groups excluding tert-OH is 2. The quantitative estimate of drug-likeness (QED) is 0.282. The van der Waals surface area contributed by atoms with Crippen LogP contribution in [0.2, 0.25) is 0 Å². The van der Waals surface area contributed by atoms with Crippen molar-refractivity contribution in [2.45, 2.75) is 25.3 Å². The monoisotopic (exact) mass is 481 g/mol. The summed E-state index contributed by atoms with van der Waals surface area (Å²) >= 11 is 0. The van der Waals surface area contributed by atoms with E-state index in [0.717, 1.165) is 5.69 Å². The fourth-order valence-electron chi connectivity index (χ4n) is 6.08. The summed E-state index contributed by atoms with van der Waals surface area (Å²) in [7, 11) is 7.11. The molecule has 5 N–H and O–H groups in total. The lowest BCUT2D eigenvalue weighted by atomic mass is 9.59. The smallest absolute Gasteiger partial charge is 0.255 e. The Morgan fingerprint density at radius 3 is 2.37 bits per heavy atom. The number of carbonyl (C=O) groups excluding carboxylic acids is 3. The molecule has 0 bridgehead atoms. The molecule has 1 amide bonds. The normalized spacial score (nSPS) is 25.9. The molecule has 9 nitrogen and oxygen atoms in total. The maximum Gasteiger partial charge on any atom is 0.255 e. The molecular weight excluding hydrogens is 450 g/mol. The molecule has 0 radical (unpaired) electrons. The third-order valence-electron chi connectivity index (χ3n) is 7.47. The first-order valence-corrected chi connectivity index (χ1v) is 11.5. The Morgan fingerprint density at radius 2 is 1.83 bits per heavy atom. The number of ketones is 2. The zero-order valence-electron chi connectivity index (χ0n) is 20.3. The summed E-state index contributed by atoms with van der Waals surface area (Å²) in [6, 6.07) is 1.09. The van der Waals surface area contributed by atoms with Crippen LogP contribution >= 0.6 is 0 Å². The van der Waals surface area contributed by atoms with Crippen LogP contribution in [0.3, 0.4) is 0 Å². The number of anilines is 1. The number of primary amides is 1. The highest BCUT2D eigenvalue weighted by atomic mass is 16.3. The minimum Gasteiger partial charge on any atom is -0.510 e. The topological polar surface area (TPSA) is 144 Å². The standard InChI is InChI=1S/C26H31N3O6/c1-6-7-11-10-15(28(2)3)13-8-12-9-14-18(23(32)16(12)22(31)17(13)21(11)30)24(33)19(26(27)35)25(34)20(14)29(4)5/h6,10,12,14,18,20,30-31,34H,1,7-9H2,2-5H3,(H2,27,35)/t12?,14?,18?,20-/m0/s1. The molecule has 9 heteroatoms. The van der Waals surface area contributed by atoms with E-state index < -0.39 is 52.6 Å². The second kappa shape index (κ2) is 8.57. The van der Waals surface area contributed by atoms with Gasteiger partial charge in [-0.1, -0.05) is 6.08 Å². The first kappa shape index (κ1) is 24.5. The van der Waals surface area contributed by atoms with Crippen LogP contribution in [0.1, 0.15) is 23.1 Å². The molecule has 1 fully saturated rings. The Morgan fingerprint density at radius 1 is 1.17 bits per heavy atom. The molecule has 4 rings (SSSR count). The number of phenolic OH excluding ortho intramolecular Hbond substituents is 1. The van der Waals surface area contributed by atoms with E-state index in [9.17, 15) is 29.7 Å². The average Bonchev–Trinajstić information content (AvgIpc) is 2.74. The first-order chi connectivity index (χ1) is 16.4. The summed E-state index contributed by atoms with van der Waals surface area (Å²) in [4.78, 5) is 42.6. The van der Waals surface area contributed by atoms with Gasteiger partial charge in [0, 0.05) is 30.9 Å². The number of aromatic hydroxyl groups is 1. The van der Waals surface area contributed by atoms with E-state index in [-0.39, 0.29) is 22.6 Å². The van der Waals surface area contributed by atoms with Gasteiger partial charge in [0.05, 0.1) is 17.5 Å². The number of nitrogens with zero attached hydrogens (tertiary/aromatic N) is 2. The summed E-state index contributed by atoms with van der Waals surface area (Å²) in [5.41, 5.74) is 7.15. The molecule has 0 aliphatic heterocycles. The van der Waals surface area contributed by atoms with Crippen molar-refractivity contribution in [3.05, 3.63) is 52.3 Å². The van der Waals surface area contributed by atoms with Crippen molar-refractivity contribution in [3.63, 3.8) is 0 Å². The van der Waals surface area contributed by atoms with Gasteiger partial charge in [0.1, 0.15) is 22.8 Å². The van der Waals surface area contributed by atoms with Gasteiger partial charge in [0.15, 0.2) is 11.6 Å². The predicted molar refractivity (Wildman–Crippen MR) is 131 cm³/mol. The highest BCUT2D eigenvalue weighted by Gasteiger charge is 2.55. The summed E-state index contributed by atoms with van der Waals surface area (Å²) in [6.07, 6.45) is 2.68. The van der Waals surface area contributed by atoms with Crippen molar-refractivity contribution in [2.24, 2.45) is 23.5 Å². The van der Waals surface area contributed by atoms with Crippen molar-refractivity contribution in [1.82, 2.24) is 4.90 Å². The number of fused-ring (bicyclic) bond motifs is 3. The van der Waals surface area contributed by atoms with E-state index in [2.05, 4.69) is 6.58 Å². The Labute approximate surface area is 203 Å². The Bertz CT molecular complexity index is 1230. The fourth-order valence-corrected chi connectivity index (χ4v) is 6.08. The first-order valence-electron chi connectivity index (χ1n) is 11.5. The summed E-state index contributed by atoms with van der Waals surface area (Å²) < 4.78 is 0. The number of hydrogen-bond donors (Lipinski definition) is 4. The summed E-state index contributed by atoms with van der Waals surface area (Å²) in [5.74, 6) is -5.71. The molecule has 186 valence electrons. The average molecular weight is 482 g/mol. The maximum absolute atomic E-state index is 13.8. The van der Waals surface area contributed by atoms with Gasteiger partial charge in [0.2, 0.25) is 0 Å². The van der Waals surface area contributed by atoms with Gasteiger partial charge in [0.25, 0.3) is 5.91 Å². The van der Waals surface area contributed by atoms with Gasteiger partial charge < -0.3 is 26.0 Å². The third-order valence-corrected chi connectivity index (χ3v) is 7.47. The van der Waals surface area contributed by atoms with Gasteiger partial charge in [-0.25, -0.2) is 0 Å². The number of hydrogen-bond acceptors (Lipinski definition) is 8. The predicted octanol–water partition coefficient (Wildman–Crippen LogP) is 1.64. The third kappa shape index (κ3) is 3.53. The van der Waals surface area contributed by atoms with Crippen molar-refractivity contribution in [1.29, 1.82) is 0 Å². The highest BCUT2D eigenvalue weighted by Crippen LogP contribution is 2.52. The number of Topliss-reactive ketones (excluding diaryl/α,β-unsaturated/α-hetero) is 2. The van der Waals surface area contributed by atoms with Crippen LogP contribution in [0.15, 0.2) is 35.6 Å².